The van der Waals surface area contributed by atoms with Crippen molar-refractivity contribution in [2.24, 2.45) is 0 Å². The van der Waals surface area contributed by atoms with Crippen molar-refractivity contribution in [3.8, 4) is 0 Å². The van der Waals surface area contributed by atoms with Gasteiger partial charge in [-0.25, -0.2) is 4.98 Å². The van der Waals surface area contributed by atoms with Gasteiger partial charge in [-0.15, -0.1) is 0 Å². The summed E-state index contributed by atoms with van der Waals surface area (Å²) >= 11 is 0. The van der Waals surface area contributed by atoms with Crippen LogP contribution < -0.4 is 10.6 Å². The molecule has 7 nitrogen and oxygen atoms in total. The van der Waals surface area contributed by atoms with Gasteiger partial charge in [-0.2, -0.15) is 5.10 Å². The number of hydrogen-bond donors (Lipinski definition) is 3. The third kappa shape index (κ3) is 2.25. The molecule has 112 valence electrons. The number of imidazole rings is 1. The number of fused-ring (bicyclic) bond motifs is 2. The lowest BCUT2D eigenvalue weighted by Gasteiger charge is -2.12. The number of nitrogens with one attached hydrogen (secondary N) is 3. The lowest BCUT2D eigenvalue weighted by molar-refractivity contribution is 0.0944. The molecule has 1 amide bonds. The third-order valence-electron chi connectivity index (χ3n) is 3.94. The molecule has 0 spiro atoms. The van der Waals surface area contributed by atoms with Crippen molar-refractivity contribution in [2.45, 2.75) is 19.5 Å². The van der Waals surface area contributed by atoms with E-state index in [1.54, 1.807) is 6.20 Å². The average Bonchev–Trinajstić information content (AvgIpc) is 3.18. The second-order valence-corrected chi connectivity index (χ2v) is 5.37. The minimum Gasteiger partial charge on any atom is -0.347 e. The van der Waals surface area contributed by atoms with Gasteiger partial charge >= 0.3 is 0 Å². The predicted molar refractivity (Wildman–Crippen MR) is 80.4 cm³/mol. The summed E-state index contributed by atoms with van der Waals surface area (Å²) < 4.78 is 1.93. The van der Waals surface area contributed by atoms with Crippen LogP contribution in [0.2, 0.25) is 0 Å². The topological polar surface area (TPSA) is 87.1 Å². The summed E-state index contributed by atoms with van der Waals surface area (Å²) in [5.74, 6) is -0.149. The number of carbonyl (C=O) groups is 1. The maximum atomic E-state index is 12.3. The Kier molecular flexibility index (Phi) is 3.12. The standard InChI is InChI=1S/C15H16N6O/c22-15(14-11-9-16-3-1-12(11)19-20-14)18-8-10-2-5-21-6-4-17-13(21)7-10/h2,4-7,16H,1,3,8-9H2,(H,18,22)(H,19,20). The van der Waals surface area contributed by atoms with Crippen LogP contribution in [0.5, 0.6) is 0 Å². The highest BCUT2D eigenvalue weighted by molar-refractivity contribution is 5.94. The predicted octanol–water partition coefficient (Wildman–Crippen LogP) is 0.633. The molecule has 3 N–H and O–H groups in total. The molecule has 1 aliphatic heterocycles. The van der Waals surface area contributed by atoms with Crippen molar-refractivity contribution in [1.82, 2.24) is 30.2 Å². The second-order valence-electron chi connectivity index (χ2n) is 5.37. The first-order valence-corrected chi connectivity index (χ1v) is 7.28. The normalized spacial score (nSPS) is 14.0. The molecule has 1 aliphatic rings. The van der Waals surface area contributed by atoms with E-state index >= 15 is 0 Å². The van der Waals surface area contributed by atoms with Crippen LogP contribution in [-0.2, 0) is 19.5 Å². The zero-order chi connectivity index (χ0) is 14.9. The molecule has 0 aromatic carbocycles. The Morgan fingerprint density at radius 1 is 1.41 bits per heavy atom. The zero-order valence-electron chi connectivity index (χ0n) is 12.0. The molecule has 3 aromatic heterocycles. The van der Waals surface area contributed by atoms with Crippen LogP contribution in [0.15, 0.2) is 30.7 Å². The second kappa shape index (κ2) is 5.27. The molecule has 0 aliphatic carbocycles. The molecule has 0 saturated heterocycles. The fourth-order valence-corrected chi connectivity index (χ4v) is 2.74. The van der Waals surface area contributed by atoms with Crippen LogP contribution in [-0.4, -0.2) is 32.0 Å². The summed E-state index contributed by atoms with van der Waals surface area (Å²) in [5, 5.41) is 13.3. The smallest absolute Gasteiger partial charge is 0.272 e. The van der Waals surface area contributed by atoms with Gasteiger partial charge in [-0.05, 0) is 17.7 Å². The first kappa shape index (κ1) is 13.0. The molecule has 22 heavy (non-hydrogen) atoms. The van der Waals surface area contributed by atoms with Crippen LogP contribution in [0.1, 0.15) is 27.3 Å². The van der Waals surface area contributed by atoms with E-state index in [9.17, 15) is 4.79 Å². The lowest BCUT2D eigenvalue weighted by atomic mass is 10.1. The number of nitrogens with zero attached hydrogens (tertiary/aromatic N) is 3. The van der Waals surface area contributed by atoms with E-state index < -0.39 is 0 Å². The summed E-state index contributed by atoms with van der Waals surface area (Å²) in [4.78, 5) is 16.6. The van der Waals surface area contributed by atoms with Gasteiger partial charge < -0.3 is 15.0 Å². The van der Waals surface area contributed by atoms with E-state index in [2.05, 4.69) is 25.8 Å². The van der Waals surface area contributed by atoms with Gasteiger partial charge in [0.15, 0.2) is 5.69 Å². The van der Waals surface area contributed by atoms with Crippen LogP contribution in [0.3, 0.4) is 0 Å². The van der Waals surface area contributed by atoms with E-state index in [1.165, 1.54) is 0 Å². The number of pyridine rings is 1. The van der Waals surface area contributed by atoms with Crippen molar-refractivity contribution < 1.29 is 4.79 Å². The number of aromatic amines is 1. The molecule has 0 bridgehead atoms. The van der Waals surface area contributed by atoms with E-state index in [4.69, 9.17) is 0 Å². The summed E-state index contributed by atoms with van der Waals surface area (Å²) in [6, 6.07) is 3.93. The van der Waals surface area contributed by atoms with Crippen molar-refractivity contribution in [1.29, 1.82) is 0 Å². The number of amides is 1. The van der Waals surface area contributed by atoms with Crippen LogP contribution in [0.25, 0.3) is 5.65 Å². The zero-order valence-corrected chi connectivity index (χ0v) is 12.0. The lowest BCUT2D eigenvalue weighted by Crippen LogP contribution is -2.28. The number of aromatic nitrogens is 4. The first-order valence-electron chi connectivity index (χ1n) is 7.28. The van der Waals surface area contributed by atoms with Gasteiger partial charge in [-0.3, -0.25) is 9.89 Å². The highest BCUT2D eigenvalue weighted by Crippen LogP contribution is 2.15. The van der Waals surface area contributed by atoms with Gasteiger partial charge in [0.1, 0.15) is 5.65 Å². The van der Waals surface area contributed by atoms with Crippen LogP contribution in [0.4, 0.5) is 0 Å². The minimum atomic E-state index is -0.149. The number of rotatable bonds is 3. The van der Waals surface area contributed by atoms with E-state index in [1.807, 2.05) is 28.9 Å². The highest BCUT2D eigenvalue weighted by Gasteiger charge is 2.21. The maximum Gasteiger partial charge on any atom is 0.272 e. The molecule has 3 aromatic rings. The molecular formula is C15H16N6O. The van der Waals surface area contributed by atoms with Gasteiger partial charge in [0.25, 0.3) is 5.91 Å². The summed E-state index contributed by atoms with van der Waals surface area (Å²) in [7, 11) is 0. The molecule has 4 rings (SSSR count). The molecule has 0 unspecified atom stereocenters. The summed E-state index contributed by atoms with van der Waals surface area (Å²) in [6.45, 7) is 2.06. The summed E-state index contributed by atoms with van der Waals surface area (Å²) in [6.07, 6.45) is 6.46. The maximum absolute atomic E-state index is 12.3. The van der Waals surface area contributed by atoms with Gasteiger partial charge in [0, 0.05) is 55.9 Å². The Bertz CT molecular complexity index is 834. The van der Waals surface area contributed by atoms with Crippen molar-refractivity contribution >= 4 is 11.6 Å². The fourth-order valence-electron chi connectivity index (χ4n) is 2.74. The van der Waals surface area contributed by atoms with E-state index in [-0.39, 0.29) is 5.91 Å². The number of H-pyrrole nitrogens is 1. The Morgan fingerprint density at radius 2 is 2.36 bits per heavy atom. The molecule has 4 heterocycles. The van der Waals surface area contributed by atoms with Crippen molar-refractivity contribution in [3.63, 3.8) is 0 Å². The fraction of sp³-hybridized carbons (Fsp3) is 0.267. The van der Waals surface area contributed by atoms with Crippen LogP contribution in [0, 0.1) is 0 Å². The quantitative estimate of drug-likeness (QED) is 0.662. The SMILES string of the molecule is O=C(NCc1ccn2ccnc2c1)c1n[nH]c2c1CNCC2. The van der Waals surface area contributed by atoms with Crippen LogP contribution >= 0.6 is 0 Å². The summed E-state index contributed by atoms with van der Waals surface area (Å²) in [5.41, 5.74) is 4.40. The Labute approximate surface area is 126 Å². The third-order valence-corrected chi connectivity index (χ3v) is 3.94. The van der Waals surface area contributed by atoms with Gasteiger partial charge in [0.2, 0.25) is 0 Å². The molecule has 0 fully saturated rings. The van der Waals surface area contributed by atoms with Gasteiger partial charge in [0.05, 0.1) is 0 Å². The molecule has 0 radical (unpaired) electrons. The molecular weight excluding hydrogens is 280 g/mol. The first-order chi connectivity index (χ1) is 10.8. The molecule has 0 saturated carbocycles. The number of carbonyl (C=O) groups excluding carboxylic acids is 1. The largest absolute Gasteiger partial charge is 0.347 e. The number of hydrogen-bond acceptors (Lipinski definition) is 4. The molecule has 0 atom stereocenters. The Hall–Kier alpha value is -2.67. The van der Waals surface area contributed by atoms with E-state index in [0.29, 0.717) is 18.8 Å². The molecule has 7 heteroatoms. The average molecular weight is 296 g/mol. The van der Waals surface area contributed by atoms with E-state index in [0.717, 1.165) is 35.4 Å². The van der Waals surface area contributed by atoms with Crippen molar-refractivity contribution in [3.05, 3.63) is 53.2 Å². The van der Waals surface area contributed by atoms with Gasteiger partial charge in [-0.1, -0.05) is 0 Å². The highest BCUT2D eigenvalue weighted by atomic mass is 16.1. The minimum absolute atomic E-state index is 0.149. The Morgan fingerprint density at radius 3 is 3.32 bits per heavy atom. The van der Waals surface area contributed by atoms with Crippen molar-refractivity contribution in [2.75, 3.05) is 6.54 Å². The Balaban J connectivity index is 1.49. The monoisotopic (exact) mass is 296 g/mol.